The summed E-state index contributed by atoms with van der Waals surface area (Å²) in [6.07, 6.45) is 0. The molecule has 0 atom stereocenters. The first kappa shape index (κ1) is 25.9. The number of ether oxygens (including phenoxy) is 1. The lowest BCUT2D eigenvalue weighted by Gasteiger charge is -2.39. The van der Waals surface area contributed by atoms with Gasteiger partial charge in [-0.15, -0.1) is 0 Å². The van der Waals surface area contributed by atoms with E-state index in [9.17, 15) is 0 Å². The van der Waals surface area contributed by atoms with Gasteiger partial charge in [0.05, 0.1) is 23.0 Å². The number of para-hydroxylation sites is 2. The Morgan fingerprint density at radius 1 is 0.489 bits per heavy atom. The van der Waals surface area contributed by atoms with Crippen molar-refractivity contribution in [3.63, 3.8) is 0 Å². The van der Waals surface area contributed by atoms with E-state index in [-0.39, 0.29) is 0 Å². The monoisotopic (exact) mass is 598 g/mol. The van der Waals surface area contributed by atoms with Crippen LogP contribution in [0.15, 0.2) is 158 Å². The first-order valence-electron chi connectivity index (χ1n) is 15.9. The molecule has 0 bridgehead atoms. The van der Waals surface area contributed by atoms with Crippen molar-refractivity contribution in [3.05, 3.63) is 191 Å². The molecule has 0 N–H and O–H groups in total. The zero-order valence-corrected chi connectivity index (χ0v) is 25.3. The first-order valence-corrected chi connectivity index (χ1v) is 15.9. The molecular formula is C44H26N2O. The highest BCUT2D eigenvalue weighted by atomic mass is 16.5. The molecule has 3 nitrogen and oxygen atoms in total. The molecule has 10 rings (SSSR count). The van der Waals surface area contributed by atoms with E-state index < -0.39 is 5.41 Å². The van der Waals surface area contributed by atoms with Crippen LogP contribution in [0.3, 0.4) is 0 Å². The maximum Gasteiger partial charge on any atom is 0.188 e. The van der Waals surface area contributed by atoms with Gasteiger partial charge in [-0.25, -0.2) is 4.85 Å². The van der Waals surface area contributed by atoms with Gasteiger partial charge >= 0.3 is 0 Å². The summed E-state index contributed by atoms with van der Waals surface area (Å²) in [5.41, 5.74) is 13.1. The molecule has 2 aliphatic rings. The molecule has 1 aromatic heterocycles. The summed E-state index contributed by atoms with van der Waals surface area (Å²) in [5.74, 6) is 1.77. The Morgan fingerprint density at radius 2 is 1.06 bits per heavy atom. The first-order chi connectivity index (χ1) is 23.3. The topological polar surface area (TPSA) is 18.5 Å². The van der Waals surface area contributed by atoms with Crippen LogP contribution in [0.4, 0.5) is 5.69 Å². The van der Waals surface area contributed by atoms with Crippen LogP contribution in [0.5, 0.6) is 11.5 Å². The molecule has 1 aliphatic carbocycles. The van der Waals surface area contributed by atoms with Crippen LogP contribution in [0, 0.1) is 6.57 Å². The van der Waals surface area contributed by atoms with E-state index in [0.29, 0.717) is 5.69 Å². The van der Waals surface area contributed by atoms with Crippen molar-refractivity contribution in [2.24, 2.45) is 0 Å². The number of aromatic nitrogens is 1. The molecule has 0 unspecified atom stereocenters. The van der Waals surface area contributed by atoms with E-state index in [2.05, 4.69) is 149 Å². The fourth-order valence-electron chi connectivity index (χ4n) is 8.15. The summed E-state index contributed by atoms with van der Waals surface area (Å²) < 4.78 is 8.95. The minimum Gasteiger partial charge on any atom is -0.457 e. The summed E-state index contributed by atoms with van der Waals surface area (Å²) in [6, 6.07) is 56.0. The zero-order valence-electron chi connectivity index (χ0n) is 25.3. The van der Waals surface area contributed by atoms with Crippen LogP contribution >= 0.6 is 0 Å². The van der Waals surface area contributed by atoms with E-state index in [1.54, 1.807) is 0 Å². The molecule has 0 saturated carbocycles. The van der Waals surface area contributed by atoms with E-state index in [1.165, 1.54) is 22.3 Å². The standard InChI is InChI=1S/C44H26N2O/c1-45-30-21-23-41-35(27-30)34-25-28(19-22-40(34)46(41)31-11-3-2-4-12-31)29-20-24-43-39(26-29)44(38-17-9-10-18-42(38)47-43)36-15-7-5-13-32(36)33-14-6-8-16-37(33)44/h2-27H. The number of hydrogen-bond acceptors (Lipinski definition) is 1. The predicted octanol–water partition coefficient (Wildman–Crippen LogP) is 11.5. The van der Waals surface area contributed by atoms with Crippen molar-refractivity contribution in [3.8, 4) is 39.4 Å². The zero-order chi connectivity index (χ0) is 31.1. The largest absolute Gasteiger partial charge is 0.457 e. The van der Waals surface area contributed by atoms with Gasteiger partial charge in [0.1, 0.15) is 11.5 Å². The van der Waals surface area contributed by atoms with Gasteiger partial charge < -0.3 is 9.30 Å². The maximum atomic E-state index is 7.70. The van der Waals surface area contributed by atoms with Gasteiger partial charge in [0.25, 0.3) is 0 Å². The van der Waals surface area contributed by atoms with E-state index in [1.807, 2.05) is 18.2 Å². The lowest BCUT2D eigenvalue weighted by molar-refractivity contribution is 0.436. The molecule has 1 spiro atoms. The van der Waals surface area contributed by atoms with E-state index in [0.717, 1.165) is 61.2 Å². The Balaban J connectivity index is 1.24. The number of rotatable bonds is 2. The van der Waals surface area contributed by atoms with Crippen LogP contribution in [-0.2, 0) is 5.41 Å². The van der Waals surface area contributed by atoms with Crippen molar-refractivity contribution in [1.29, 1.82) is 0 Å². The Bertz CT molecular complexity index is 2580. The quantitative estimate of drug-likeness (QED) is 0.181. The lowest BCUT2D eigenvalue weighted by atomic mass is 9.66. The fraction of sp³-hybridized carbons (Fsp3) is 0.0227. The van der Waals surface area contributed by atoms with Crippen LogP contribution in [0.1, 0.15) is 22.3 Å². The third kappa shape index (κ3) is 3.44. The minimum absolute atomic E-state index is 0.509. The average Bonchev–Trinajstić information content (AvgIpc) is 3.62. The Morgan fingerprint density at radius 3 is 1.81 bits per heavy atom. The third-order valence-corrected chi connectivity index (χ3v) is 10.1. The fourth-order valence-corrected chi connectivity index (χ4v) is 8.15. The summed E-state index contributed by atoms with van der Waals surface area (Å²) in [4.78, 5) is 3.76. The molecular weight excluding hydrogens is 572 g/mol. The SMILES string of the molecule is [C-]#[N+]c1ccc2c(c1)c1cc(-c3ccc4c(c3)C3(c5ccccc5O4)c4ccccc4-c4ccccc43)ccc1n2-c1ccccc1. The molecule has 0 radical (unpaired) electrons. The van der Waals surface area contributed by atoms with Crippen LogP contribution in [0.25, 0.3) is 54.6 Å². The van der Waals surface area contributed by atoms with Gasteiger partial charge in [0, 0.05) is 22.2 Å². The molecule has 0 amide bonds. The number of nitrogens with zero attached hydrogens (tertiary/aromatic N) is 2. The van der Waals surface area contributed by atoms with Crippen LogP contribution < -0.4 is 4.74 Å². The van der Waals surface area contributed by atoms with Gasteiger partial charge in [-0.3, -0.25) is 0 Å². The molecule has 47 heavy (non-hydrogen) atoms. The van der Waals surface area contributed by atoms with Gasteiger partial charge in [0.2, 0.25) is 0 Å². The van der Waals surface area contributed by atoms with Crippen molar-refractivity contribution in [1.82, 2.24) is 4.57 Å². The molecule has 1 aliphatic heterocycles. The second-order valence-electron chi connectivity index (χ2n) is 12.4. The van der Waals surface area contributed by atoms with Crippen molar-refractivity contribution in [2.45, 2.75) is 5.41 Å². The highest BCUT2D eigenvalue weighted by Crippen LogP contribution is 2.62. The lowest BCUT2D eigenvalue weighted by Crippen LogP contribution is -2.32. The van der Waals surface area contributed by atoms with Gasteiger partial charge in [-0.1, -0.05) is 103 Å². The second-order valence-corrected chi connectivity index (χ2v) is 12.4. The summed E-state index contributed by atoms with van der Waals surface area (Å²) in [7, 11) is 0. The molecule has 218 valence electrons. The van der Waals surface area contributed by atoms with E-state index >= 15 is 0 Å². The van der Waals surface area contributed by atoms with Crippen molar-refractivity contribution in [2.75, 3.05) is 0 Å². The van der Waals surface area contributed by atoms with Crippen LogP contribution in [-0.4, -0.2) is 4.57 Å². The molecule has 0 fully saturated rings. The molecule has 8 aromatic rings. The Hall–Kier alpha value is -6.37. The summed E-state index contributed by atoms with van der Waals surface area (Å²) >= 11 is 0. The second kappa shape index (κ2) is 9.57. The smallest absolute Gasteiger partial charge is 0.188 e. The van der Waals surface area contributed by atoms with E-state index in [4.69, 9.17) is 11.3 Å². The van der Waals surface area contributed by atoms with Gasteiger partial charge in [-0.05, 0) is 93.4 Å². The molecule has 7 aromatic carbocycles. The van der Waals surface area contributed by atoms with Crippen molar-refractivity contribution < 1.29 is 4.74 Å². The van der Waals surface area contributed by atoms with Crippen molar-refractivity contribution >= 4 is 27.5 Å². The highest BCUT2D eigenvalue weighted by Gasteiger charge is 2.50. The number of benzene rings is 7. The Kier molecular flexibility index (Phi) is 5.27. The highest BCUT2D eigenvalue weighted by molar-refractivity contribution is 6.11. The number of hydrogen-bond donors (Lipinski definition) is 0. The summed E-state index contributed by atoms with van der Waals surface area (Å²) in [5, 5.41) is 2.20. The number of fused-ring (bicyclic) bond motifs is 12. The molecule has 0 saturated heterocycles. The van der Waals surface area contributed by atoms with Crippen LogP contribution in [0.2, 0.25) is 0 Å². The Labute approximate surface area is 272 Å². The summed E-state index contributed by atoms with van der Waals surface area (Å²) in [6.45, 7) is 7.70. The van der Waals surface area contributed by atoms with Gasteiger partial charge in [-0.2, -0.15) is 0 Å². The predicted molar refractivity (Wildman–Crippen MR) is 190 cm³/mol. The molecule has 3 heteroatoms. The normalized spacial score (nSPS) is 13.4. The van der Waals surface area contributed by atoms with Gasteiger partial charge in [0.15, 0.2) is 5.69 Å². The minimum atomic E-state index is -0.509. The average molecular weight is 599 g/mol. The maximum absolute atomic E-state index is 7.70. The molecule has 2 heterocycles. The third-order valence-electron chi connectivity index (χ3n) is 10.1.